The number of nitrogens with one attached hydrogen (secondary N) is 2. The summed E-state index contributed by atoms with van der Waals surface area (Å²) in [4.78, 5) is 24.7. The van der Waals surface area contributed by atoms with E-state index in [0.717, 1.165) is 15.6 Å². The zero-order valence-electron chi connectivity index (χ0n) is 17.1. The van der Waals surface area contributed by atoms with Gasteiger partial charge in [-0.3, -0.25) is 9.59 Å². The van der Waals surface area contributed by atoms with Gasteiger partial charge in [-0.15, -0.1) is 0 Å². The second-order valence-electron chi connectivity index (χ2n) is 7.29. The molecule has 30 heavy (non-hydrogen) atoms. The van der Waals surface area contributed by atoms with Crippen molar-refractivity contribution in [3.63, 3.8) is 0 Å². The molecule has 1 aliphatic heterocycles. The molecule has 0 spiro atoms. The highest BCUT2D eigenvalue weighted by atomic mass is 32.2. The monoisotopic (exact) mass is 431 g/mol. The van der Waals surface area contributed by atoms with Gasteiger partial charge in [-0.1, -0.05) is 18.2 Å². The molecule has 3 rings (SSSR count). The largest absolute Gasteiger partial charge is 0.495 e. The number of hydrogen-bond donors (Lipinski definition) is 2. The number of carbonyl (C=O) groups is 2. The van der Waals surface area contributed by atoms with Crippen molar-refractivity contribution in [2.75, 3.05) is 31.8 Å². The quantitative estimate of drug-likeness (QED) is 0.701. The number of amides is 2. The van der Waals surface area contributed by atoms with E-state index in [1.165, 1.54) is 33.3 Å². The average Bonchev–Trinajstić information content (AvgIpc) is 2.72. The molecule has 2 amide bonds. The Morgan fingerprint density at radius 3 is 2.67 bits per heavy atom. The van der Waals surface area contributed by atoms with Gasteiger partial charge in [-0.05, 0) is 42.7 Å². The van der Waals surface area contributed by atoms with Gasteiger partial charge in [0.05, 0.1) is 7.11 Å². The number of carbonyl (C=O) groups excluding carboxylic acids is 2. The van der Waals surface area contributed by atoms with Crippen LogP contribution in [0.3, 0.4) is 0 Å². The van der Waals surface area contributed by atoms with E-state index < -0.39 is 10.0 Å². The number of ether oxygens (including phenoxy) is 1. The number of nitrogens with zero attached hydrogens (tertiary/aromatic N) is 1. The number of benzene rings is 2. The van der Waals surface area contributed by atoms with Gasteiger partial charge in [-0.25, -0.2) is 12.7 Å². The second-order valence-corrected chi connectivity index (χ2v) is 9.41. The molecular weight excluding hydrogens is 406 g/mol. The maximum atomic E-state index is 12.5. The molecule has 9 heteroatoms. The molecular formula is C21H25N3O5S. The summed E-state index contributed by atoms with van der Waals surface area (Å²) in [5.74, 6) is -0.476. The van der Waals surface area contributed by atoms with E-state index in [2.05, 4.69) is 10.6 Å². The molecule has 0 saturated carbocycles. The Morgan fingerprint density at radius 1 is 1.23 bits per heavy atom. The summed E-state index contributed by atoms with van der Waals surface area (Å²) in [5, 5.41) is 5.58. The molecule has 2 N–H and O–H groups in total. The van der Waals surface area contributed by atoms with E-state index >= 15 is 0 Å². The number of hydrogen-bond acceptors (Lipinski definition) is 5. The van der Waals surface area contributed by atoms with Gasteiger partial charge in [-0.2, -0.15) is 0 Å². The summed E-state index contributed by atoms with van der Waals surface area (Å²) in [7, 11) is 0.494. The fraction of sp³-hybridized carbons (Fsp3) is 0.333. The molecule has 0 radical (unpaired) electrons. The summed E-state index contributed by atoms with van der Waals surface area (Å²) >= 11 is 0. The van der Waals surface area contributed by atoms with Crippen molar-refractivity contribution in [2.45, 2.75) is 24.2 Å². The van der Waals surface area contributed by atoms with Crippen molar-refractivity contribution in [1.29, 1.82) is 0 Å². The predicted molar refractivity (Wildman–Crippen MR) is 114 cm³/mol. The number of anilines is 2. The normalized spacial score (nSPS) is 16.0. The Hall–Kier alpha value is -2.91. The molecule has 1 unspecified atom stereocenters. The van der Waals surface area contributed by atoms with Crippen molar-refractivity contribution >= 4 is 33.2 Å². The Bertz CT molecular complexity index is 1070. The van der Waals surface area contributed by atoms with Gasteiger partial charge in [0.2, 0.25) is 21.8 Å². The van der Waals surface area contributed by atoms with Crippen LogP contribution < -0.4 is 15.4 Å². The van der Waals surface area contributed by atoms with Gasteiger partial charge in [0, 0.05) is 37.8 Å². The first kappa shape index (κ1) is 21.8. The molecule has 0 aliphatic carbocycles. The van der Waals surface area contributed by atoms with Gasteiger partial charge in [0.15, 0.2) is 0 Å². The Balaban J connectivity index is 1.66. The minimum absolute atomic E-state index is 0.0314. The fourth-order valence-corrected chi connectivity index (χ4v) is 4.40. The van der Waals surface area contributed by atoms with Crippen molar-refractivity contribution in [3.8, 4) is 5.75 Å². The third kappa shape index (κ3) is 4.63. The lowest BCUT2D eigenvalue weighted by atomic mass is 9.89. The highest BCUT2D eigenvalue weighted by Crippen LogP contribution is 2.30. The van der Waals surface area contributed by atoms with Crippen LogP contribution in [0.5, 0.6) is 5.75 Å². The van der Waals surface area contributed by atoms with E-state index in [1.807, 2.05) is 24.3 Å². The first-order valence-electron chi connectivity index (χ1n) is 9.51. The van der Waals surface area contributed by atoms with Crippen LogP contribution >= 0.6 is 0 Å². The van der Waals surface area contributed by atoms with E-state index in [-0.39, 0.29) is 34.8 Å². The number of rotatable bonds is 7. The summed E-state index contributed by atoms with van der Waals surface area (Å²) in [5.41, 5.74) is 2.21. The van der Waals surface area contributed by atoms with Crippen LogP contribution in [0.2, 0.25) is 0 Å². The summed E-state index contributed by atoms with van der Waals surface area (Å²) in [6, 6.07) is 12.1. The standard InChI is InChI=1S/C21H25N3O5S/c1-24(2)30(27,28)19-13-16(9-10-18(19)29-3)22-20(25)11-8-15-12-14-6-4-5-7-17(14)23-21(15)26/h4-7,9-10,13,15H,8,11-12H2,1-3H3,(H,22,25)(H,23,26). The zero-order chi connectivity index (χ0) is 21.9. The van der Waals surface area contributed by atoms with Gasteiger partial charge >= 0.3 is 0 Å². The molecule has 0 saturated heterocycles. The minimum Gasteiger partial charge on any atom is -0.495 e. The van der Waals surface area contributed by atoms with E-state index in [4.69, 9.17) is 4.74 Å². The minimum atomic E-state index is -3.74. The van der Waals surface area contributed by atoms with E-state index in [9.17, 15) is 18.0 Å². The molecule has 8 nitrogen and oxygen atoms in total. The van der Waals surface area contributed by atoms with Crippen molar-refractivity contribution in [1.82, 2.24) is 4.31 Å². The van der Waals surface area contributed by atoms with Gasteiger partial charge in [0.25, 0.3) is 0 Å². The molecule has 1 atom stereocenters. The summed E-state index contributed by atoms with van der Waals surface area (Å²) < 4.78 is 31.2. The SMILES string of the molecule is COc1ccc(NC(=O)CCC2Cc3ccccc3NC2=O)cc1S(=O)(=O)N(C)C. The molecule has 0 fully saturated rings. The number of fused-ring (bicyclic) bond motifs is 1. The van der Waals surface area contributed by atoms with Crippen LogP contribution in [0.25, 0.3) is 0 Å². The highest BCUT2D eigenvalue weighted by molar-refractivity contribution is 7.89. The molecule has 160 valence electrons. The first-order valence-corrected chi connectivity index (χ1v) is 11.0. The molecule has 1 heterocycles. The number of sulfonamides is 1. The van der Waals surface area contributed by atoms with Crippen molar-refractivity contribution in [2.24, 2.45) is 5.92 Å². The third-order valence-corrected chi connectivity index (χ3v) is 6.87. The maximum Gasteiger partial charge on any atom is 0.246 e. The van der Waals surface area contributed by atoms with Crippen LogP contribution in [0, 0.1) is 5.92 Å². The first-order chi connectivity index (χ1) is 14.2. The number of para-hydroxylation sites is 1. The molecule has 1 aliphatic rings. The maximum absolute atomic E-state index is 12.5. The lowest BCUT2D eigenvalue weighted by Crippen LogP contribution is -2.30. The van der Waals surface area contributed by atoms with Crippen LogP contribution in [0.1, 0.15) is 18.4 Å². The van der Waals surface area contributed by atoms with E-state index in [1.54, 1.807) is 6.07 Å². The lowest BCUT2D eigenvalue weighted by molar-refractivity contribution is -0.121. The summed E-state index contributed by atoms with van der Waals surface area (Å²) in [6.45, 7) is 0. The topological polar surface area (TPSA) is 105 Å². The highest BCUT2D eigenvalue weighted by Gasteiger charge is 2.27. The predicted octanol–water partition coefficient (Wildman–Crippen LogP) is 2.48. The Morgan fingerprint density at radius 2 is 1.97 bits per heavy atom. The Labute approximate surface area is 176 Å². The second kappa shape index (κ2) is 8.85. The fourth-order valence-electron chi connectivity index (χ4n) is 3.33. The molecule has 2 aromatic carbocycles. The van der Waals surface area contributed by atoms with Crippen LogP contribution in [0.15, 0.2) is 47.4 Å². The van der Waals surface area contributed by atoms with Gasteiger partial charge < -0.3 is 15.4 Å². The number of methoxy groups -OCH3 is 1. The van der Waals surface area contributed by atoms with Crippen molar-refractivity contribution < 1.29 is 22.7 Å². The van der Waals surface area contributed by atoms with Gasteiger partial charge in [0.1, 0.15) is 10.6 Å². The smallest absolute Gasteiger partial charge is 0.246 e. The lowest BCUT2D eigenvalue weighted by Gasteiger charge is -2.24. The molecule has 0 aromatic heterocycles. The molecule has 2 aromatic rings. The van der Waals surface area contributed by atoms with Crippen molar-refractivity contribution in [3.05, 3.63) is 48.0 Å². The van der Waals surface area contributed by atoms with Crippen LogP contribution in [-0.4, -0.2) is 45.7 Å². The third-order valence-electron chi connectivity index (χ3n) is 5.04. The van der Waals surface area contributed by atoms with Crippen LogP contribution in [-0.2, 0) is 26.0 Å². The van der Waals surface area contributed by atoms with Crippen LogP contribution in [0.4, 0.5) is 11.4 Å². The zero-order valence-corrected chi connectivity index (χ0v) is 18.0. The molecule has 0 bridgehead atoms. The Kier molecular flexibility index (Phi) is 6.42. The summed E-state index contributed by atoms with van der Waals surface area (Å²) in [6.07, 6.45) is 1.12. The average molecular weight is 432 g/mol. The van der Waals surface area contributed by atoms with E-state index in [0.29, 0.717) is 18.5 Å².